The number of rotatable bonds is 6. The lowest BCUT2D eigenvalue weighted by Crippen LogP contribution is -2.19. The summed E-state index contributed by atoms with van der Waals surface area (Å²) in [5.74, 6) is 0.0403. The molecular formula is C17H20N2O3. The summed E-state index contributed by atoms with van der Waals surface area (Å²) in [6.07, 6.45) is 4.09. The molecule has 0 aliphatic carbocycles. The summed E-state index contributed by atoms with van der Waals surface area (Å²) in [6, 6.07) is 3.56. The number of carbonyl (C=O) groups excluding carboxylic acids is 1. The Morgan fingerprint density at radius 1 is 1.41 bits per heavy atom. The molecule has 1 aromatic carbocycles. The van der Waals surface area contributed by atoms with Gasteiger partial charge in [-0.15, -0.1) is 13.2 Å². The van der Waals surface area contributed by atoms with Crippen molar-refractivity contribution in [3.8, 4) is 0 Å². The topological polar surface area (TPSA) is 69.6 Å². The summed E-state index contributed by atoms with van der Waals surface area (Å²) in [5, 5.41) is 11.2. The Labute approximate surface area is 129 Å². The van der Waals surface area contributed by atoms with Crippen LogP contribution in [0.25, 0.3) is 0 Å². The van der Waals surface area contributed by atoms with E-state index in [0.29, 0.717) is 17.8 Å². The minimum atomic E-state index is -1.17. The van der Waals surface area contributed by atoms with E-state index in [2.05, 4.69) is 18.5 Å². The largest absolute Gasteiger partial charge is 0.465 e. The van der Waals surface area contributed by atoms with Crippen LogP contribution in [0, 0.1) is 0 Å². The summed E-state index contributed by atoms with van der Waals surface area (Å²) < 4.78 is 0. The predicted molar refractivity (Wildman–Crippen MR) is 86.3 cm³/mol. The average Bonchev–Trinajstić information content (AvgIpc) is 2.75. The lowest BCUT2D eigenvalue weighted by molar-refractivity contribution is 0.0817. The van der Waals surface area contributed by atoms with Gasteiger partial charge in [-0.25, -0.2) is 4.79 Å². The molecule has 1 heterocycles. The molecule has 2 N–H and O–H groups in total. The molecule has 1 aromatic rings. The van der Waals surface area contributed by atoms with Crippen LogP contribution in [0.15, 0.2) is 37.4 Å². The Morgan fingerprint density at radius 3 is 2.59 bits per heavy atom. The minimum Gasteiger partial charge on any atom is -0.465 e. The average molecular weight is 300 g/mol. The minimum absolute atomic E-state index is 0.156. The molecule has 0 atom stereocenters. The van der Waals surface area contributed by atoms with Crippen LogP contribution in [-0.2, 0) is 6.54 Å². The molecule has 0 aromatic heterocycles. The first-order valence-corrected chi connectivity index (χ1v) is 7.12. The van der Waals surface area contributed by atoms with Crippen LogP contribution < -0.4 is 5.32 Å². The second kappa shape index (κ2) is 6.47. The van der Waals surface area contributed by atoms with E-state index in [0.717, 1.165) is 24.0 Å². The molecule has 0 saturated carbocycles. The maximum atomic E-state index is 12.3. The van der Waals surface area contributed by atoms with Crippen LogP contribution in [0.3, 0.4) is 0 Å². The molecule has 1 aliphatic rings. The van der Waals surface area contributed by atoms with Gasteiger partial charge in [0.2, 0.25) is 0 Å². The second-order valence-corrected chi connectivity index (χ2v) is 5.39. The zero-order valence-corrected chi connectivity index (χ0v) is 12.6. The normalized spacial score (nSPS) is 13.2. The zero-order valence-electron chi connectivity index (χ0n) is 12.6. The Bertz CT molecular complexity index is 627. The number of fused-ring (bicyclic) bond motifs is 1. The van der Waals surface area contributed by atoms with E-state index < -0.39 is 6.09 Å². The molecule has 5 heteroatoms. The van der Waals surface area contributed by atoms with Crippen molar-refractivity contribution in [3.63, 3.8) is 0 Å². The van der Waals surface area contributed by atoms with Gasteiger partial charge in [-0.1, -0.05) is 18.2 Å². The van der Waals surface area contributed by atoms with Crippen LogP contribution in [0.2, 0.25) is 0 Å². The van der Waals surface area contributed by atoms with Gasteiger partial charge in [-0.3, -0.25) is 10.1 Å². The Balaban J connectivity index is 2.54. The SMILES string of the molecule is C=CCC(CC=C)c1ccc(NC(=O)O)c2c1CN(C)C2=O. The van der Waals surface area contributed by atoms with Gasteiger partial charge in [-0.05, 0) is 36.0 Å². The van der Waals surface area contributed by atoms with Crippen molar-refractivity contribution in [2.45, 2.75) is 25.3 Å². The number of anilines is 1. The molecule has 5 nitrogen and oxygen atoms in total. The molecular weight excluding hydrogens is 280 g/mol. The fourth-order valence-electron chi connectivity index (χ4n) is 2.93. The fourth-order valence-corrected chi connectivity index (χ4v) is 2.93. The molecule has 0 saturated heterocycles. The van der Waals surface area contributed by atoms with Gasteiger partial charge < -0.3 is 10.0 Å². The van der Waals surface area contributed by atoms with E-state index in [1.165, 1.54) is 0 Å². The van der Waals surface area contributed by atoms with Crippen LogP contribution in [0.5, 0.6) is 0 Å². The molecule has 0 spiro atoms. The third-order valence-corrected chi connectivity index (χ3v) is 3.89. The summed E-state index contributed by atoms with van der Waals surface area (Å²) in [7, 11) is 1.71. The number of benzene rings is 1. The molecule has 0 fully saturated rings. The first-order chi connectivity index (χ1) is 10.5. The van der Waals surface area contributed by atoms with Gasteiger partial charge in [0.05, 0.1) is 11.3 Å². The first kappa shape index (κ1) is 15.8. The van der Waals surface area contributed by atoms with Crippen molar-refractivity contribution in [3.05, 3.63) is 54.1 Å². The van der Waals surface area contributed by atoms with Crippen molar-refractivity contribution in [2.24, 2.45) is 0 Å². The molecule has 22 heavy (non-hydrogen) atoms. The van der Waals surface area contributed by atoms with Crippen molar-refractivity contribution in [1.82, 2.24) is 4.90 Å². The highest BCUT2D eigenvalue weighted by molar-refractivity contribution is 6.06. The van der Waals surface area contributed by atoms with Gasteiger partial charge in [0, 0.05) is 13.6 Å². The van der Waals surface area contributed by atoms with E-state index >= 15 is 0 Å². The molecule has 0 bridgehead atoms. The van der Waals surface area contributed by atoms with Gasteiger partial charge in [0.1, 0.15) is 0 Å². The zero-order chi connectivity index (χ0) is 16.3. The molecule has 0 radical (unpaired) electrons. The van der Waals surface area contributed by atoms with E-state index in [9.17, 15) is 9.59 Å². The highest BCUT2D eigenvalue weighted by Gasteiger charge is 2.31. The Hall–Kier alpha value is -2.56. The Kier molecular flexibility index (Phi) is 4.65. The maximum absolute atomic E-state index is 12.3. The summed E-state index contributed by atoms with van der Waals surface area (Å²) in [4.78, 5) is 24.9. The van der Waals surface area contributed by atoms with E-state index in [4.69, 9.17) is 5.11 Å². The van der Waals surface area contributed by atoms with Crippen molar-refractivity contribution in [1.29, 1.82) is 0 Å². The van der Waals surface area contributed by atoms with Crippen molar-refractivity contribution in [2.75, 3.05) is 12.4 Å². The van der Waals surface area contributed by atoms with Crippen LogP contribution in [0.1, 0.15) is 40.2 Å². The van der Waals surface area contributed by atoms with Gasteiger partial charge in [0.25, 0.3) is 5.91 Å². The number of nitrogens with zero attached hydrogens (tertiary/aromatic N) is 1. The Morgan fingerprint density at radius 2 is 2.05 bits per heavy atom. The third kappa shape index (κ3) is 2.88. The van der Waals surface area contributed by atoms with Gasteiger partial charge >= 0.3 is 6.09 Å². The van der Waals surface area contributed by atoms with Crippen molar-refractivity contribution < 1.29 is 14.7 Å². The fraction of sp³-hybridized carbons (Fsp3) is 0.294. The molecule has 116 valence electrons. The summed E-state index contributed by atoms with van der Waals surface area (Å²) in [6.45, 7) is 8.06. The second-order valence-electron chi connectivity index (χ2n) is 5.39. The standard InChI is InChI=1S/C17H20N2O3/c1-4-6-11(7-5-2)12-8-9-14(18-17(21)22)15-13(12)10-19(3)16(15)20/h4-5,8-9,11,18H,1-2,6-7,10H2,3H3,(H,21,22). The number of nitrogens with one attached hydrogen (secondary N) is 1. The lowest BCUT2D eigenvalue weighted by Gasteiger charge is -2.18. The lowest BCUT2D eigenvalue weighted by atomic mass is 9.87. The van der Waals surface area contributed by atoms with Gasteiger partial charge in [-0.2, -0.15) is 0 Å². The number of amides is 2. The first-order valence-electron chi connectivity index (χ1n) is 7.12. The number of hydrogen-bond donors (Lipinski definition) is 2. The number of carboxylic acid groups (broad SMARTS) is 1. The molecule has 0 unspecified atom stereocenters. The van der Waals surface area contributed by atoms with E-state index in [1.54, 1.807) is 18.0 Å². The monoisotopic (exact) mass is 300 g/mol. The summed E-state index contributed by atoms with van der Waals surface area (Å²) >= 11 is 0. The number of carbonyl (C=O) groups is 2. The quantitative estimate of drug-likeness (QED) is 0.789. The van der Waals surface area contributed by atoms with E-state index in [1.807, 2.05) is 18.2 Å². The number of allylic oxidation sites excluding steroid dienone is 2. The van der Waals surface area contributed by atoms with Crippen molar-refractivity contribution >= 4 is 17.7 Å². The molecule has 2 amide bonds. The van der Waals surface area contributed by atoms with Gasteiger partial charge in [0.15, 0.2) is 0 Å². The summed E-state index contributed by atoms with van der Waals surface area (Å²) in [5.41, 5.74) is 2.76. The number of hydrogen-bond acceptors (Lipinski definition) is 2. The highest BCUT2D eigenvalue weighted by atomic mass is 16.4. The maximum Gasteiger partial charge on any atom is 0.409 e. The molecule has 1 aliphatic heterocycles. The third-order valence-electron chi connectivity index (χ3n) is 3.89. The van der Waals surface area contributed by atoms with Crippen LogP contribution in [-0.4, -0.2) is 29.1 Å². The smallest absolute Gasteiger partial charge is 0.409 e. The molecule has 2 rings (SSSR count). The van der Waals surface area contributed by atoms with E-state index in [-0.39, 0.29) is 11.8 Å². The van der Waals surface area contributed by atoms with Crippen LogP contribution >= 0.6 is 0 Å². The predicted octanol–water partition coefficient (Wildman–Crippen LogP) is 3.60. The highest BCUT2D eigenvalue weighted by Crippen LogP contribution is 2.37. The van der Waals surface area contributed by atoms with Crippen LogP contribution in [0.4, 0.5) is 10.5 Å².